The van der Waals surface area contributed by atoms with Gasteiger partial charge in [0.15, 0.2) is 0 Å². The van der Waals surface area contributed by atoms with E-state index in [0.29, 0.717) is 17.9 Å². The van der Waals surface area contributed by atoms with Crippen LogP contribution < -0.4 is 14.9 Å². The van der Waals surface area contributed by atoms with Crippen LogP contribution in [0.5, 0.6) is 11.5 Å². The SMILES string of the molecule is COCc1cc(/C=N/NC(=O)c2cccc(OC)c2)ccc1OC. The third kappa shape index (κ3) is 4.57. The van der Waals surface area contributed by atoms with Gasteiger partial charge in [0.05, 0.1) is 27.0 Å². The Morgan fingerprint density at radius 1 is 1.12 bits per heavy atom. The summed E-state index contributed by atoms with van der Waals surface area (Å²) in [7, 11) is 4.78. The van der Waals surface area contributed by atoms with Gasteiger partial charge in [-0.3, -0.25) is 4.79 Å². The van der Waals surface area contributed by atoms with Gasteiger partial charge in [0.2, 0.25) is 0 Å². The maximum Gasteiger partial charge on any atom is 0.271 e. The van der Waals surface area contributed by atoms with Gasteiger partial charge in [-0.15, -0.1) is 0 Å². The van der Waals surface area contributed by atoms with E-state index in [-0.39, 0.29) is 5.91 Å². The summed E-state index contributed by atoms with van der Waals surface area (Å²) in [6.45, 7) is 0.432. The molecule has 0 radical (unpaired) electrons. The topological polar surface area (TPSA) is 69.2 Å². The number of nitrogens with one attached hydrogen (secondary N) is 1. The minimum absolute atomic E-state index is 0.309. The molecular formula is C18H20N2O4. The summed E-state index contributed by atoms with van der Waals surface area (Å²) in [4.78, 5) is 12.1. The molecule has 0 aliphatic rings. The Kier molecular flexibility index (Phi) is 6.33. The number of hydrogen-bond acceptors (Lipinski definition) is 5. The van der Waals surface area contributed by atoms with E-state index in [4.69, 9.17) is 14.2 Å². The zero-order valence-electron chi connectivity index (χ0n) is 13.9. The molecular weight excluding hydrogens is 308 g/mol. The van der Waals surface area contributed by atoms with E-state index >= 15 is 0 Å². The summed E-state index contributed by atoms with van der Waals surface area (Å²) in [5.74, 6) is 1.05. The maximum atomic E-state index is 12.1. The molecule has 1 amide bonds. The van der Waals surface area contributed by atoms with Crippen LogP contribution in [0.1, 0.15) is 21.5 Å². The first-order chi connectivity index (χ1) is 11.7. The molecule has 0 bridgehead atoms. The molecule has 2 aromatic carbocycles. The van der Waals surface area contributed by atoms with Gasteiger partial charge in [0, 0.05) is 18.2 Å². The van der Waals surface area contributed by atoms with Crippen molar-refractivity contribution in [1.82, 2.24) is 5.43 Å². The standard InChI is InChI=1S/C18H20N2O4/c1-22-12-15-9-13(7-8-17(15)24-3)11-19-20-18(21)14-5-4-6-16(10-14)23-2/h4-11H,12H2,1-3H3,(H,20,21)/b19-11+. The van der Waals surface area contributed by atoms with E-state index in [1.807, 2.05) is 18.2 Å². The molecule has 2 rings (SSSR count). The second-order valence-corrected chi connectivity index (χ2v) is 4.94. The monoisotopic (exact) mass is 328 g/mol. The Morgan fingerprint density at radius 3 is 2.67 bits per heavy atom. The van der Waals surface area contributed by atoms with Crippen molar-refractivity contribution in [3.63, 3.8) is 0 Å². The third-order valence-corrected chi connectivity index (χ3v) is 3.32. The van der Waals surface area contributed by atoms with Crippen LogP contribution in [0.25, 0.3) is 0 Å². The molecule has 0 heterocycles. The lowest BCUT2D eigenvalue weighted by Gasteiger charge is -2.08. The Hall–Kier alpha value is -2.86. The van der Waals surface area contributed by atoms with Crippen LogP contribution in [0.2, 0.25) is 0 Å². The number of hydrazone groups is 1. The number of carbonyl (C=O) groups excluding carboxylic acids is 1. The number of nitrogens with zero attached hydrogens (tertiary/aromatic N) is 1. The van der Waals surface area contributed by atoms with Gasteiger partial charge >= 0.3 is 0 Å². The van der Waals surface area contributed by atoms with E-state index < -0.39 is 0 Å². The van der Waals surface area contributed by atoms with Crippen molar-refractivity contribution < 1.29 is 19.0 Å². The number of hydrogen-bond donors (Lipinski definition) is 1. The van der Waals surface area contributed by atoms with Gasteiger partial charge in [-0.05, 0) is 42.0 Å². The average molecular weight is 328 g/mol. The molecule has 0 fully saturated rings. The molecule has 2 aromatic rings. The predicted octanol–water partition coefficient (Wildman–Crippen LogP) is 2.61. The quantitative estimate of drug-likeness (QED) is 0.626. The first-order valence-electron chi connectivity index (χ1n) is 7.31. The number of amides is 1. The highest BCUT2D eigenvalue weighted by atomic mass is 16.5. The van der Waals surface area contributed by atoms with Crippen molar-refractivity contribution in [2.45, 2.75) is 6.61 Å². The number of rotatable bonds is 7. The second-order valence-electron chi connectivity index (χ2n) is 4.94. The fourth-order valence-corrected chi connectivity index (χ4v) is 2.14. The van der Waals surface area contributed by atoms with Crippen molar-refractivity contribution in [2.75, 3.05) is 21.3 Å². The minimum Gasteiger partial charge on any atom is -0.497 e. The van der Waals surface area contributed by atoms with Crippen LogP contribution in [0.4, 0.5) is 0 Å². The molecule has 0 aliphatic heterocycles. The molecule has 6 heteroatoms. The molecule has 0 atom stereocenters. The molecule has 0 aliphatic carbocycles. The van der Waals surface area contributed by atoms with Gasteiger partial charge in [0.1, 0.15) is 11.5 Å². The van der Waals surface area contributed by atoms with Crippen molar-refractivity contribution >= 4 is 12.1 Å². The van der Waals surface area contributed by atoms with Crippen molar-refractivity contribution in [2.24, 2.45) is 5.10 Å². The largest absolute Gasteiger partial charge is 0.497 e. The lowest BCUT2D eigenvalue weighted by molar-refractivity contribution is 0.0955. The Bertz CT molecular complexity index is 729. The lowest BCUT2D eigenvalue weighted by atomic mass is 10.1. The van der Waals surface area contributed by atoms with E-state index in [2.05, 4.69) is 10.5 Å². The summed E-state index contributed by atoms with van der Waals surface area (Å²) in [6, 6.07) is 12.4. The summed E-state index contributed by atoms with van der Waals surface area (Å²) < 4.78 is 15.5. The first-order valence-corrected chi connectivity index (χ1v) is 7.31. The van der Waals surface area contributed by atoms with Crippen LogP contribution in [-0.4, -0.2) is 33.5 Å². The van der Waals surface area contributed by atoms with Crippen LogP contribution in [0, 0.1) is 0 Å². The summed E-state index contributed by atoms with van der Waals surface area (Å²) >= 11 is 0. The lowest BCUT2D eigenvalue weighted by Crippen LogP contribution is -2.17. The van der Waals surface area contributed by atoms with Crippen molar-refractivity contribution in [1.29, 1.82) is 0 Å². The fraction of sp³-hybridized carbons (Fsp3) is 0.222. The zero-order valence-corrected chi connectivity index (χ0v) is 13.9. The average Bonchev–Trinajstić information content (AvgIpc) is 2.62. The van der Waals surface area contributed by atoms with Gasteiger partial charge in [-0.2, -0.15) is 5.10 Å². The molecule has 0 saturated heterocycles. The molecule has 126 valence electrons. The Morgan fingerprint density at radius 2 is 1.96 bits per heavy atom. The molecule has 0 spiro atoms. The van der Waals surface area contributed by atoms with Crippen LogP contribution >= 0.6 is 0 Å². The van der Waals surface area contributed by atoms with Crippen LogP contribution in [0.15, 0.2) is 47.6 Å². The molecule has 1 N–H and O–H groups in total. The minimum atomic E-state index is -0.309. The fourth-order valence-electron chi connectivity index (χ4n) is 2.14. The van der Waals surface area contributed by atoms with Gasteiger partial charge in [-0.1, -0.05) is 6.07 Å². The van der Waals surface area contributed by atoms with E-state index in [1.165, 1.54) is 0 Å². The normalized spacial score (nSPS) is 10.6. The predicted molar refractivity (Wildman–Crippen MR) is 91.8 cm³/mol. The molecule has 6 nitrogen and oxygen atoms in total. The van der Waals surface area contributed by atoms with E-state index in [1.54, 1.807) is 51.8 Å². The number of carbonyl (C=O) groups is 1. The smallest absolute Gasteiger partial charge is 0.271 e. The molecule has 24 heavy (non-hydrogen) atoms. The van der Waals surface area contributed by atoms with E-state index in [9.17, 15) is 4.79 Å². The summed E-state index contributed by atoms with van der Waals surface area (Å²) in [5, 5.41) is 3.98. The van der Waals surface area contributed by atoms with E-state index in [0.717, 1.165) is 16.9 Å². The van der Waals surface area contributed by atoms with Gasteiger partial charge < -0.3 is 14.2 Å². The zero-order chi connectivity index (χ0) is 17.4. The van der Waals surface area contributed by atoms with Gasteiger partial charge in [-0.25, -0.2) is 5.43 Å². The van der Waals surface area contributed by atoms with Crippen molar-refractivity contribution in [3.8, 4) is 11.5 Å². The number of methoxy groups -OCH3 is 3. The molecule has 0 saturated carbocycles. The van der Waals surface area contributed by atoms with Crippen LogP contribution in [-0.2, 0) is 11.3 Å². The Balaban J connectivity index is 2.05. The summed E-state index contributed by atoms with van der Waals surface area (Å²) in [5.41, 5.74) is 4.70. The highest BCUT2D eigenvalue weighted by molar-refractivity contribution is 5.95. The highest BCUT2D eigenvalue weighted by Crippen LogP contribution is 2.20. The number of benzene rings is 2. The summed E-state index contributed by atoms with van der Waals surface area (Å²) in [6.07, 6.45) is 1.57. The number of ether oxygens (including phenoxy) is 3. The maximum absolute atomic E-state index is 12.1. The van der Waals surface area contributed by atoms with Crippen molar-refractivity contribution in [3.05, 3.63) is 59.2 Å². The first kappa shape index (κ1) is 17.5. The Labute approximate surface area is 141 Å². The van der Waals surface area contributed by atoms with Crippen LogP contribution in [0.3, 0.4) is 0 Å². The molecule has 0 aromatic heterocycles. The highest BCUT2D eigenvalue weighted by Gasteiger charge is 2.06. The van der Waals surface area contributed by atoms with Gasteiger partial charge in [0.25, 0.3) is 5.91 Å². The second kappa shape index (κ2) is 8.69. The molecule has 0 unspecified atom stereocenters. The third-order valence-electron chi connectivity index (χ3n) is 3.32.